The van der Waals surface area contributed by atoms with E-state index in [4.69, 9.17) is 4.74 Å². The van der Waals surface area contributed by atoms with Gasteiger partial charge in [-0.25, -0.2) is 4.98 Å². The number of aromatic amines is 1. The van der Waals surface area contributed by atoms with E-state index in [-0.39, 0.29) is 11.8 Å². The van der Waals surface area contributed by atoms with Gasteiger partial charge in [0.2, 0.25) is 5.88 Å². The summed E-state index contributed by atoms with van der Waals surface area (Å²) in [7, 11) is 1.54. The molecule has 0 saturated carbocycles. The van der Waals surface area contributed by atoms with E-state index < -0.39 is 0 Å². The molecule has 0 spiro atoms. The number of likely N-dealkylation sites (tertiary alicyclic amines) is 1. The third-order valence-electron chi connectivity index (χ3n) is 5.07. The van der Waals surface area contributed by atoms with Crippen molar-refractivity contribution in [3.63, 3.8) is 0 Å². The van der Waals surface area contributed by atoms with E-state index in [2.05, 4.69) is 27.3 Å². The first kappa shape index (κ1) is 17.3. The SMILES string of the molecule is COc1ncccc1C(=O)N1CCCC(c2[nH]ncc2-c2ccccc2)C1. The van der Waals surface area contributed by atoms with Crippen molar-refractivity contribution in [1.82, 2.24) is 20.1 Å². The number of hydrogen-bond acceptors (Lipinski definition) is 4. The van der Waals surface area contributed by atoms with Crippen LogP contribution in [0.4, 0.5) is 0 Å². The Morgan fingerprint density at radius 3 is 2.89 bits per heavy atom. The van der Waals surface area contributed by atoms with E-state index in [1.54, 1.807) is 18.3 Å². The molecule has 1 aliphatic heterocycles. The van der Waals surface area contributed by atoms with Crippen molar-refractivity contribution in [2.75, 3.05) is 20.2 Å². The number of H-pyrrole nitrogens is 1. The number of pyridine rings is 1. The third-order valence-corrected chi connectivity index (χ3v) is 5.07. The van der Waals surface area contributed by atoms with Crippen LogP contribution >= 0.6 is 0 Å². The van der Waals surface area contributed by atoms with E-state index >= 15 is 0 Å². The number of nitrogens with zero attached hydrogens (tertiary/aromatic N) is 3. The molecule has 1 fully saturated rings. The highest BCUT2D eigenvalue weighted by molar-refractivity contribution is 5.96. The summed E-state index contributed by atoms with van der Waals surface area (Å²) in [6, 6.07) is 13.8. The second-order valence-corrected chi connectivity index (χ2v) is 6.71. The largest absolute Gasteiger partial charge is 0.480 e. The zero-order chi connectivity index (χ0) is 18.6. The molecule has 0 bridgehead atoms. The van der Waals surface area contributed by atoms with Gasteiger partial charge in [-0.1, -0.05) is 30.3 Å². The zero-order valence-corrected chi connectivity index (χ0v) is 15.3. The zero-order valence-electron chi connectivity index (χ0n) is 15.3. The maximum atomic E-state index is 13.0. The first-order valence-corrected chi connectivity index (χ1v) is 9.15. The Balaban J connectivity index is 1.58. The van der Waals surface area contributed by atoms with Crippen molar-refractivity contribution in [3.05, 3.63) is 66.1 Å². The highest BCUT2D eigenvalue weighted by Crippen LogP contribution is 2.33. The Hall–Kier alpha value is -3.15. The molecule has 1 N–H and O–H groups in total. The van der Waals surface area contributed by atoms with Crippen molar-refractivity contribution in [3.8, 4) is 17.0 Å². The predicted octanol–water partition coefficient (Wildman–Crippen LogP) is 3.50. The van der Waals surface area contributed by atoms with Crippen molar-refractivity contribution in [1.29, 1.82) is 0 Å². The molecule has 4 rings (SSSR count). The van der Waals surface area contributed by atoms with Crippen LogP contribution in [0.2, 0.25) is 0 Å². The molecule has 1 aromatic carbocycles. The Morgan fingerprint density at radius 2 is 2.07 bits per heavy atom. The molecule has 1 saturated heterocycles. The molecule has 6 nitrogen and oxygen atoms in total. The first-order valence-electron chi connectivity index (χ1n) is 9.15. The Kier molecular flexibility index (Phi) is 4.87. The molecule has 6 heteroatoms. The number of benzene rings is 1. The molecule has 3 aromatic rings. The molecule has 1 atom stereocenters. The van der Waals surface area contributed by atoms with Gasteiger partial charge in [-0.2, -0.15) is 5.10 Å². The molecule has 138 valence electrons. The smallest absolute Gasteiger partial charge is 0.259 e. The number of piperidine rings is 1. The lowest BCUT2D eigenvalue weighted by Gasteiger charge is -2.33. The van der Waals surface area contributed by atoms with Gasteiger partial charge in [0.1, 0.15) is 5.56 Å². The summed E-state index contributed by atoms with van der Waals surface area (Å²) in [5.41, 5.74) is 3.85. The predicted molar refractivity (Wildman–Crippen MR) is 103 cm³/mol. The van der Waals surface area contributed by atoms with Gasteiger partial charge in [0.05, 0.1) is 13.3 Å². The van der Waals surface area contributed by atoms with E-state index in [1.165, 1.54) is 7.11 Å². The molecule has 0 radical (unpaired) electrons. The lowest BCUT2D eigenvalue weighted by molar-refractivity contribution is 0.0701. The van der Waals surface area contributed by atoms with Crippen LogP contribution in [0.25, 0.3) is 11.1 Å². The molecule has 27 heavy (non-hydrogen) atoms. The number of aromatic nitrogens is 3. The van der Waals surface area contributed by atoms with Gasteiger partial charge >= 0.3 is 0 Å². The highest BCUT2D eigenvalue weighted by atomic mass is 16.5. The second kappa shape index (κ2) is 7.61. The Bertz CT molecular complexity index is 923. The molecule has 2 aromatic heterocycles. The normalized spacial score (nSPS) is 16.9. The van der Waals surface area contributed by atoms with Gasteiger partial charge < -0.3 is 9.64 Å². The van der Waals surface area contributed by atoms with Crippen molar-refractivity contribution in [2.24, 2.45) is 0 Å². The van der Waals surface area contributed by atoms with E-state index in [0.717, 1.165) is 36.2 Å². The topological polar surface area (TPSA) is 71.1 Å². The average Bonchev–Trinajstić information content (AvgIpc) is 3.24. The maximum absolute atomic E-state index is 13.0. The number of rotatable bonds is 4. The van der Waals surface area contributed by atoms with Gasteiger partial charge in [0, 0.05) is 36.5 Å². The molecule has 0 aliphatic carbocycles. The summed E-state index contributed by atoms with van der Waals surface area (Å²) in [4.78, 5) is 19.1. The van der Waals surface area contributed by atoms with E-state index in [0.29, 0.717) is 18.0 Å². The maximum Gasteiger partial charge on any atom is 0.259 e. The molecular formula is C21H22N4O2. The minimum atomic E-state index is -0.0366. The number of hydrogen-bond donors (Lipinski definition) is 1. The van der Waals surface area contributed by atoms with Gasteiger partial charge in [0.15, 0.2) is 0 Å². The minimum Gasteiger partial charge on any atom is -0.480 e. The van der Waals surface area contributed by atoms with Crippen LogP contribution in [-0.4, -0.2) is 46.2 Å². The van der Waals surface area contributed by atoms with Crippen LogP contribution in [-0.2, 0) is 0 Å². The summed E-state index contributed by atoms with van der Waals surface area (Å²) >= 11 is 0. The van der Waals surface area contributed by atoms with Crippen LogP contribution < -0.4 is 4.74 Å². The number of amides is 1. The van der Waals surface area contributed by atoms with Gasteiger partial charge in [-0.3, -0.25) is 9.89 Å². The average molecular weight is 362 g/mol. The summed E-state index contributed by atoms with van der Waals surface area (Å²) in [6.45, 7) is 1.39. The van der Waals surface area contributed by atoms with E-state index in [1.807, 2.05) is 29.3 Å². The van der Waals surface area contributed by atoms with E-state index in [9.17, 15) is 4.79 Å². The van der Waals surface area contributed by atoms with Crippen molar-refractivity contribution in [2.45, 2.75) is 18.8 Å². The molecule has 1 amide bonds. The summed E-state index contributed by atoms with van der Waals surface area (Å²) in [5.74, 6) is 0.560. The highest BCUT2D eigenvalue weighted by Gasteiger charge is 2.29. The second-order valence-electron chi connectivity index (χ2n) is 6.71. The summed E-state index contributed by atoms with van der Waals surface area (Å²) in [5, 5.41) is 7.44. The fourth-order valence-electron chi connectivity index (χ4n) is 3.74. The molecule has 1 aliphatic rings. The van der Waals surface area contributed by atoms with Gasteiger partial charge in [0.25, 0.3) is 5.91 Å². The van der Waals surface area contributed by atoms with Crippen molar-refractivity contribution < 1.29 is 9.53 Å². The first-order chi connectivity index (χ1) is 13.3. The van der Waals surface area contributed by atoms with Crippen LogP contribution in [0, 0.1) is 0 Å². The third kappa shape index (κ3) is 3.43. The number of methoxy groups -OCH3 is 1. The van der Waals surface area contributed by atoms with Crippen LogP contribution in [0.1, 0.15) is 34.8 Å². The van der Waals surface area contributed by atoms with Gasteiger partial charge in [-0.05, 0) is 30.5 Å². The van der Waals surface area contributed by atoms with Crippen LogP contribution in [0.3, 0.4) is 0 Å². The van der Waals surface area contributed by atoms with Crippen LogP contribution in [0.15, 0.2) is 54.9 Å². The molecule has 3 heterocycles. The molecular weight excluding hydrogens is 340 g/mol. The van der Waals surface area contributed by atoms with Gasteiger partial charge in [-0.15, -0.1) is 0 Å². The van der Waals surface area contributed by atoms with Crippen LogP contribution in [0.5, 0.6) is 5.88 Å². The fourth-order valence-corrected chi connectivity index (χ4v) is 3.74. The summed E-state index contributed by atoms with van der Waals surface area (Å²) < 4.78 is 5.26. The van der Waals surface area contributed by atoms with Crippen molar-refractivity contribution >= 4 is 5.91 Å². The lowest BCUT2D eigenvalue weighted by Crippen LogP contribution is -2.39. The quantitative estimate of drug-likeness (QED) is 0.771. The lowest BCUT2D eigenvalue weighted by atomic mass is 9.90. The standard InChI is InChI=1S/C21H22N4O2/c1-27-20-17(10-5-11-22-20)21(26)25-12-6-9-16(14-25)19-18(13-23-24-19)15-7-3-2-4-8-15/h2-5,7-8,10-11,13,16H,6,9,12,14H2,1H3,(H,23,24). The molecule has 1 unspecified atom stereocenters. The number of ether oxygens (including phenoxy) is 1. The number of carbonyl (C=O) groups is 1. The fraction of sp³-hybridized carbons (Fsp3) is 0.286. The minimum absolute atomic E-state index is 0.0366. The monoisotopic (exact) mass is 362 g/mol. The Labute approximate surface area is 158 Å². The Morgan fingerprint density at radius 1 is 1.22 bits per heavy atom. The number of nitrogens with one attached hydrogen (secondary N) is 1. The number of carbonyl (C=O) groups excluding carboxylic acids is 1. The summed E-state index contributed by atoms with van der Waals surface area (Å²) in [6.07, 6.45) is 5.48.